The molecule has 2 N–H and O–H groups in total. The van der Waals surface area contributed by atoms with Gasteiger partial charge in [0.2, 0.25) is 0 Å². The van der Waals surface area contributed by atoms with Gasteiger partial charge in [0.25, 0.3) is 0 Å². The number of benzene rings is 1. The summed E-state index contributed by atoms with van der Waals surface area (Å²) in [5.41, 5.74) is 0.402. The highest BCUT2D eigenvalue weighted by Gasteiger charge is 2.31. The normalized spacial score (nSPS) is 13.7. The Balaban J connectivity index is 2.53. The van der Waals surface area contributed by atoms with E-state index in [1.54, 1.807) is 19.2 Å². The molecular formula is C17H27F3N4O. The third-order valence-electron chi connectivity index (χ3n) is 3.97. The molecule has 0 saturated heterocycles. The molecule has 1 aromatic carbocycles. The van der Waals surface area contributed by atoms with Gasteiger partial charge in [-0.2, -0.15) is 0 Å². The highest BCUT2D eigenvalue weighted by atomic mass is 19.4. The maximum atomic E-state index is 12.4. The smallest absolute Gasteiger partial charge is 0.405 e. The number of aliphatic imine (C=N–C) groups is 1. The predicted molar refractivity (Wildman–Crippen MR) is 93.7 cm³/mol. The number of alkyl halides is 3. The molecule has 0 aliphatic rings. The molecule has 0 heterocycles. The Morgan fingerprint density at radius 1 is 1.28 bits per heavy atom. The molecule has 0 aromatic heterocycles. The summed E-state index contributed by atoms with van der Waals surface area (Å²) < 4.78 is 41.4. The van der Waals surface area contributed by atoms with Gasteiger partial charge in [0.05, 0.1) is 0 Å². The Morgan fingerprint density at radius 3 is 2.56 bits per heavy atom. The van der Waals surface area contributed by atoms with E-state index < -0.39 is 6.36 Å². The highest BCUT2D eigenvalue weighted by molar-refractivity contribution is 5.79. The molecule has 0 aliphatic carbocycles. The van der Waals surface area contributed by atoms with E-state index in [1.165, 1.54) is 12.1 Å². The van der Waals surface area contributed by atoms with Crippen LogP contribution >= 0.6 is 0 Å². The maximum absolute atomic E-state index is 12.4. The van der Waals surface area contributed by atoms with Crippen molar-refractivity contribution in [1.29, 1.82) is 0 Å². The predicted octanol–water partition coefficient (Wildman–Crippen LogP) is 2.98. The van der Waals surface area contributed by atoms with Crippen molar-refractivity contribution < 1.29 is 17.9 Å². The Morgan fingerprint density at radius 2 is 1.96 bits per heavy atom. The molecule has 1 atom stereocenters. The maximum Gasteiger partial charge on any atom is 0.573 e. The number of likely N-dealkylation sites (N-methyl/N-ethyl adjacent to an activating group) is 1. The minimum absolute atomic E-state index is 0.174. The van der Waals surface area contributed by atoms with Gasteiger partial charge < -0.3 is 20.3 Å². The summed E-state index contributed by atoms with van der Waals surface area (Å²) in [5.74, 6) is 0.314. The molecule has 5 nitrogen and oxygen atoms in total. The van der Waals surface area contributed by atoms with Crippen molar-refractivity contribution in [2.24, 2.45) is 4.99 Å². The van der Waals surface area contributed by atoms with E-state index in [9.17, 15) is 13.2 Å². The second kappa shape index (κ2) is 10.1. The summed E-state index contributed by atoms with van der Waals surface area (Å²) in [6.45, 7) is 5.98. The van der Waals surface area contributed by atoms with Gasteiger partial charge in [-0.15, -0.1) is 13.2 Å². The van der Waals surface area contributed by atoms with E-state index in [0.717, 1.165) is 13.0 Å². The lowest BCUT2D eigenvalue weighted by Crippen LogP contribution is -2.42. The van der Waals surface area contributed by atoms with Gasteiger partial charge in [-0.05, 0) is 26.5 Å². The van der Waals surface area contributed by atoms with Crippen LogP contribution in [0.3, 0.4) is 0 Å². The molecular weight excluding hydrogens is 333 g/mol. The van der Waals surface area contributed by atoms with Crippen molar-refractivity contribution in [2.75, 3.05) is 27.2 Å². The molecule has 0 fully saturated rings. The van der Waals surface area contributed by atoms with Crippen LogP contribution in [0.1, 0.15) is 25.8 Å². The molecule has 0 amide bonds. The van der Waals surface area contributed by atoms with Gasteiger partial charge in [0, 0.05) is 38.3 Å². The van der Waals surface area contributed by atoms with Crippen LogP contribution in [0.2, 0.25) is 0 Å². The number of hydrogen-bond acceptors (Lipinski definition) is 3. The second-order valence-corrected chi connectivity index (χ2v) is 5.75. The number of ether oxygens (including phenoxy) is 1. The zero-order valence-corrected chi connectivity index (χ0v) is 15.2. The largest absolute Gasteiger partial charge is 0.573 e. The summed E-state index contributed by atoms with van der Waals surface area (Å²) in [4.78, 5) is 6.31. The van der Waals surface area contributed by atoms with Crippen LogP contribution in [0, 0.1) is 0 Å². The van der Waals surface area contributed by atoms with Crippen molar-refractivity contribution in [3.05, 3.63) is 29.8 Å². The van der Waals surface area contributed by atoms with Gasteiger partial charge in [-0.3, -0.25) is 4.99 Å². The average molecular weight is 360 g/mol. The van der Waals surface area contributed by atoms with E-state index in [4.69, 9.17) is 0 Å². The lowest BCUT2D eigenvalue weighted by molar-refractivity contribution is -0.274. The van der Waals surface area contributed by atoms with Crippen LogP contribution in [0.25, 0.3) is 0 Å². The van der Waals surface area contributed by atoms with E-state index in [2.05, 4.69) is 46.2 Å². The number of nitrogens with one attached hydrogen (secondary N) is 2. The molecule has 0 saturated carbocycles. The number of nitrogens with zero attached hydrogens (tertiary/aromatic N) is 2. The van der Waals surface area contributed by atoms with Crippen LogP contribution < -0.4 is 15.4 Å². The number of halogens is 3. The molecule has 8 heteroatoms. The number of guanidine groups is 1. The Hall–Kier alpha value is -1.96. The fraction of sp³-hybridized carbons (Fsp3) is 0.588. The van der Waals surface area contributed by atoms with Gasteiger partial charge in [0.15, 0.2) is 5.96 Å². The Kier molecular flexibility index (Phi) is 8.54. The van der Waals surface area contributed by atoms with Gasteiger partial charge in [0.1, 0.15) is 5.75 Å². The lowest BCUT2D eigenvalue weighted by Gasteiger charge is -2.24. The lowest BCUT2D eigenvalue weighted by atomic mass is 10.2. The van der Waals surface area contributed by atoms with Gasteiger partial charge >= 0.3 is 6.36 Å². The summed E-state index contributed by atoms with van der Waals surface area (Å²) in [6.07, 6.45) is -3.64. The first kappa shape index (κ1) is 21.1. The molecule has 0 spiro atoms. The fourth-order valence-electron chi connectivity index (χ4n) is 2.16. The van der Waals surface area contributed by atoms with E-state index in [-0.39, 0.29) is 12.3 Å². The minimum atomic E-state index is -4.71. The summed E-state index contributed by atoms with van der Waals surface area (Å²) >= 11 is 0. The highest BCUT2D eigenvalue weighted by Crippen LogP contribution is 2.25. The fourth-order valence-corrected chi connectivity index (χ4v) is 2.16. The Bertz CT molecular complexity index is 549. The van der Waals surface area contributed by atoms with E-state index in [0.29, 0.717) is 24.1 Å². The summed E-state index contributed by atoms with van der Waals surface area (Å²) in [6, 6.07) is 6.53. The topological polar surface area (TPSA) is 48.9 Å². The van der Waals surface area contributed by atoms with Crippen LogP contribution in [-0.4, -0.2) is 50.4 Å². The van der Waals surface area contributed by atoms with Crippen molar-refractivity contribution in [1.82, 2.24) is 15.5 Å². The molecule has 1 unspecified atom stereocenters. The SMILES string of the molecule is CCC(C)N(C)CCNC(=NC)NCc1ccccc1OC(F)(F)F. The average Bonchev–Trinajstić information content (AvgIpc) is 2.56. The van der Waals surface area contributed by atoms with E-state index >= 15 is 0 Å². The van der Waals surface area contributed by atoms with Crippen LogP contribution in [0.5, 0.6) is 5.75 Å². The van der Waals surface area contributed by atoms with Gasteiger partial charge in [-0.25, -0.2) is 0 Å². The standard InChI is InChI=1S/C17H27F3N4O/c1-5-13(2)24(4)11-10-22-16(21-3)23-12-14-8-6-7-9-15(14)25-17(18,19)20/h6-9,13H,5,10-12H2,1-4H3,(H2,21,22,23). The summed E-state index contributed by atoms with van der Waals surface area (Å²) in [7, 11) is 3.67. The first-order chi connectivity index (χ1) is 11.8. The summed E-state index contributed by atoms with van der Waals surface area (Å²) in [5, 5.41) is 6.15. The molecule has 0 radical (unpaired) electrons. The monoisotopic (exact) mass is 360 g/mol. The van der Waals surface area contributed by atoms with Crippen molar-refractivity contribution in [2.45, 2.75) is 39.2 Å². The zero-order chi connectivity index (χ0) is 18.9. The second-order valence-electron chi connectivity index (χ2n) is 5.75. The van der Waals surface area contributed by atoms with Crippen molar-refractivity contribution in [3.8, 4) is 5.75 Å². The Labute approximate surface area is 147 Å². The number of para-hydroxylation sites is 1. The van der Waals surface area contributed by atoms with Crippen LogP contribution in [0.15, 0.2) is 29.3 Å². The molecule has 142 valence electrons. The minimum Gasteiger partial charge on any atom is -0.405 e. The first-order valence-electron chi connectivity index (χ1n) is 8.25. The third kappa shape index (κ3) is 8.11. The first-order valence-corrected chi connectivity index (χ1v) is 8.25. The number of hydrogen-bond donors (Lipinski definition) is 2. The molecule has 25 heavy (non-hydrogen) atoms. The van der Waals surface area contributed by atoms with Gasteiger partial charge in [-0.1, -0.05) is 25.1 Å². The van der Waals surface area contributed by atoms with Crippen molar-refractivity contribution >= 4 is 5.96 Å². The third-order valence-corrected chi connectivity index (χ3v) is 3.97. The zero-order valence-electron chi connectivity index (χ0n) is 15.2. The number of rotatable bonds is 8. The molecule has 0 aliphatic heterocycles. The van der Waals surface area contributed by atoms with Crippen LogP contribution in [0.4, 0.5) is 13.2 Å². The molecule has 1 aromatic rings. The van der Waals surface area contributed by atoms with Crippen molar-refractivity contribution in [3.63, 3.8) is 0 Å². The molecule has 1 rings (SSSR count). The van der Waals surface area contributed by atoms with E-state index in [1.807, 2.05) is 0 Å². The molecule has 0 bridgehead atoms. The quantitative estimate of drug-likeness (QED) is 0.553. The van der Waals surface area contributed by atoms with Crippen LogP contribution in [-0.2, 0) is 6.54 Å².